The molecule has 9 atom stereocenters. The molecule has 1 aliphatic carbocycles. The number of nitrogens with zero attached hydrogens (tertiary/aromatic N) is 3. The van der Waals surface area contributed by atoms with Crippen LogP contribution in [0.15, 0.2) is 84.5 Å². The number of methoxy groups -OCH3 is 3. The first kappa shape index (κ1) is 45.0. The van der Waals surface area contributed by atoms with Crippen LogP contribution in [0, 0.1) is 11.3 Å². The SMILES string of the molecule is CCC1=C[C@@H]2CN(CCc3c([nH]c4ccccc34)[C@@](C(=O)OC)(c3cc4c(cc3OC)N(C)[C@H]3[C@](O)(CNC(=O)Oc5ccc(OC)cc5)[C@H](OC(C)=O)[C@]5(CC)C=CCN6CC[C@]43[C@@H]65)C2)C1. The normalized spacial score (nSPS) is 31.5. The number of H-pyrrole nitrogens is 1. The van der Waals surface area contributed by atoms with Gasteiger partial charge in [0.15, 0.2) is 0 Å². The molecule has 2 fully saturated rings. The number of rotatable bonds is 10. The number of fused-ring (bicyclic) bond motifs is 6. The first-order valence-electron chi connectivity index (χ1n) is 23.8. The predicted molar refractivity (Wildman–Crippen MR) is 254 cm³/mol. The summed E-state index contributed by atoms with van der Waals surface area (Å²) in [6, 6.07) is 18.2. The maximum Gasteiger partial charge on any atom is 0.412 e. The molecule has 1 spiro atoms. The van der Waals surface area contributed by atoms with Crippen LogP contribution in [0.1, 0.15) is 68.8 Å². The lowest BCUT2D eigenvalue weighted by Gasteiger charge is -2.64. The van der Waals surface area contributed by atoms with Gasteiger partial charge in [0.25, 0.3) is 0 Å². The zero-order chi connectivity index (χ0) is 47.0. The molecule has 0 radical (unpaired) electrons. The van der Waals surface area contributed by atoms with Crippen molar-refractivity contribution in [3.63, 3.8) is 0 Å². The molecule has 2 bridgehead atoms. The van der Waals surface area contributed by atoms with Crippen molar-refractivity contribution in [2.24, 2.45) is 11.3 Å². The molecule has 14 nitrogen and oxygen atoms in total. The number of carbonyl (C=O) groups is 3. The molecule has 14 heteroatoms. The minimum Gasteiger partial charge on any atom is -0.497 e. The number of carbonyl (C=O) groups excluding carboxylic acids is 3. The highest BCUT2D eigenvalue weighted by molar-refractivity contribution is 5.94. The van der Waals surface area contributed by atoms with Gasteiger partial charge in [-0.3, -0.25) is 19.4 Å². The van der Waals surface area contributed by atoms with Gasteiger partial charge >= 0.3 is 18.0 Å². The number of nitrogens with one attached hydrogen (secondary N) is 2. The summed E-state index contributed by atoms with van der Waals surface area (Å²) in [6.07, 6.45) is 8.03. The van der Waals surface area contributed by atoms with Gasteiger partial charge in [0, 0.05) is 90.9 Å². The molecule has 4 aromatic rings. The maximum atomic E-state index is 15.5. The Morgan fingerprint density at radius 3 is 2.45 bits per heavy atom. The Morgan fingerprint density at radius 1 is 0.955 bits per heavy atom. The van der Waals surface area contributed by atoms with E-state index in [2.05, 4.69) is 81.3 Å². The topological polar surface area (TPSA) is 155 Å². The van der Waals surface area contributed by atoms with Crippen molar-refractivity contribution in [3.05, 3.63) is 107 Å². The van der Waals surface area contributed by atoms with Gasteiger partial charge in [0.1, 0.15) is 34.4 Å². The lowest BCUT2D eigenvalue weighted by atomic mass is 9.47. The fourth-order valence-electron chi connectivity index (χ4n) is 14.0. The van der Waals surface area contributed by atoms with Crippen LogP contribution in [0.25, 0.3) is 10.9 Å². The van der Waals surface area contributed by atoms with Gasteiger partial charge in [-0.25, -0.2) is 4.79 Å². The molecular formula is C53H63N5O9. The Morgan fingerprint density at radius 2 is 1.73 bits per heavy atom. The third-order valence-electron chi connectivity index (χ3n) is 16.4. The number of para-hydroxylation sites is 1. The molecule has 10 rings (SSSR count). The van der Waals surface area contributed by atoms with Crippen molar-refractivity contribution in [2.75, 3.05) is 72.5 Å². The van der Waals surface area contributed by atoms with E-state index in [0.29, 0.717) is 55.2 Å². The first-order valence-corrected chi connectivity index (χ1v) is 23.8. The molecule has 1 saturated carbocycles. The van der Waals surface area contributed by atoms with Crippen molar-refractivity contribution in [1.82, 2.24) is 20.1 Å². The maximum absolute atomic E-state index is 15.5. The molecule has 3 N–H and O–H groups in total. The van der Waals surface area contributed by atoms with E-state index in [1.165, 1.54) is 19.6 Å². The fourth-order valence-corrected chi connectivity index (χ4v) is 14.0. The summed E-state index contributed by atoms with van der Waals surface area (Å²) < 4.78 is 29.9. The molecule has 1 aromatic heterocycles. The van der Waals surface area contributed by atoms with Crippen LogP contribution >= 0.6 is 0 Å². The Kier molecular flexibility index (Phi) is 11.2. The van der Waals surface area contributed by atoms with E-state index < -0.39 is 46.1 Å². The summed E-state index contributed by atoms with van der Waals surface area (Å²) in [7, 11) is 6.64. The fraction of sp³-hybridized carbons (Fsp3) is 0.491. The smallest absolute Gasteiger partial charge is 0.412 e. The average molecular weight is 914 g/mol. The number of hydrogen-bond donors (Lipinski definition) is 3. The van der Waals surface area contributed by atoms with Crippen LogP contribution in [0.5, 0.6) is 17.2 Å². The number of aliphatic hydroxyl groups is 1. The standard InChI is InChI=1S/C53H63N5O9/c1-8-33-25-34-28-52(48(60)65-7,44-38(19-23-57(29-33)30-34)37-13-10-11-14-41(37)55-44)40-26-39-42(27-43(40)64-6)56(4)46-51(39)21-24-58-22-12-20-50(9-2,45(51)58)47(66-32(3)59)53(46,62)31-54-49(61)67-36-17-15-35(63-5)16-18-36/h10-18,20,25-27,34,45-47,55,62H,8-9,19,21-24,28-31H2,1-7H3,(H,54,61)/t34-,45-,46+,47+,50+,51+,52-,53+/m0/s1. The highest BCUT2D eigenvalue weighted by Gasteiger charge is 2.78. The molecule has 3 aromatic carbocycles. The van der Waals surface area contributed by atoms with Crippen LogP contribution in [-0.4, -0.2) is 129 Å². The minimum absolute atomic E-state index is 0.0120. The Bertz CT molecular complexity index is 2680. The predicted octanol–water partition coefficient (Wildman–Crippen LogP) is 6.42. The number of anilines is 1. The number of ether oxygens (including phenoxy) is 5. The molecular weight excluding hydrogens is 851 g/mol. The van der Waals surface area contributed by atoms with E-state index in [1.54, 1.807) is 38.5 Å². The second-order valence-corrected chi connectivity index (χ2v) is 19.6. The first-order chi connectivity index (χ1) is 32.3. The zero-order valence-electron chi connectivity index (χ0n) is 39.6. The average Bonchev–Trinajstić information content (AvgIpc) is 4.00. The van der Waals surface area contributed by atoms with Crippen molar-refractivity contribution < 1.29 is 43.2 Å². The summed E-state index contributed by atoms with van der Waals surface area (Å²) >= 11 is 0. The quantitative estimate of drug-likeness (QED) is 0.119. The van der Waals surface area contributed by atoms with Gasteiger partial charge in [0.05, 0.1) is 33.9 Å². The van der Waals surface area contributed by atoms with Crippen LogP contribution in [0.3, 0.4) is 0 Å². The number of likely N-dealkylation sites (N-methyl/N-ethyl adjacent to an activating group) is 1. The lowest BCUT2D eigenvalue weighted by molar-refractivity contribution is -0.216. The molecule has 1 unspecified atom stereocenters. The highest BCUT2D eigenvalue weighted by atomic mass is 16.6. The van der Waals surface area contributed by atoms with Crippen molar-refractivity contribution >= 4 is 34.6 Å². The van der Waals surface area contributed by atoms with Gasteiger partial charge < -0.3 is 44.0 Å². The van der Waals surface area contributed by atoms with E-state index >= 15 is 4.79 Å². The number of aromatic amines is 1. The summed E-state index contributed by atoms with van der Waals surface area (Å²) in [5.74, 6) is 0.521. The Labute approximate surface area is 392 Å². The third kappa shape index (κ3) is 6.64. The van der Waals surface area contributed by atoms with Gasteiger partial charge in [-0.2, -0.15) is 0 Å². The second-order valence-electron chi connectivity index (χ2n) is 19.6. The van der Waals surface area contributed by atoms with E-state index in [-0.39, 0.29) is 24.5 Å². The van der Waals surface area contributed by atoms with Gasteiger partial charge in [-0.05, 0) is 92.1 Å². The summed E-state index contributed by atoms with van der Waals surface area (Å²) in [5.41, 5.74) is 1.74. The Balaban J connectivity index is 1.20. The summed E-state index contributed by atoms with van der Waals surface area (Å²) in [6.45, 7) is 9.25. The summed E-state index contributed by atoms with van der Waals surface area (Å²) in [5, 5.41) is 17.9. The van der Waals surface area contributed by atoms with Crippen molar-refractivity contribution in [2.45, 2.75) is 87.5 Å². The van der Waals surface area contributed by atoms with Crippen LogP contribution in [0.4, 0.5) is 10.5 Å². The van der Waals surface area contributed by atoms with Crippen LogP contribution < -0.4 is 24.4 Å². The molecule has 1 saturated heterocycles. The number of amides is 1. The zero-order valence-corrected chi connectivity index (χ0v) is 39.6. The number of benzene rings is 3. The van der Waals surface area contributed by atoms with E-state index in [4.69, 9.17) is 23.7 Å². The monoisotopic (exact) mass is 913 g/mol. The molecule has 6 aliphatic rings. The molecule has 1 amide bonds. The van der Waals surface area contributed by atoms with E-state index in [1.807, 2.05) is 19.2 Å². The van der Waals surface area contributed by atoms with Crippen LogP contribution in [-0.2, 0) is 36.3 Å². The lowest BCUT2D eigenvalue weighted by Crippen LogP contribution is -2.81. The largest absolute Gasteiger partial charge is 0.497 e. The highest BCUT2D eigenvalue weighted by Crippen LogP contribution is 2.68. The number of aromatic nitrogens is 1. The number of hydrogen-bond acceptors (Lipinski definition) is 12. The summed E-state index contributed by atoms with van der Waals surface area (Å²) in [4.78, 5) is 53.5. The van der Waals surface area contributed by atoms with Crippen LogP contribution in [0.2, 0.25) is 0 Å². The van der Waals surface area contributed by atoms with E-state index in [0.717, 1.165) is 65.9 Å². The van der Waals surface area contributed by atoms with Gasteiger partial charge in [-0.1, -0.05) is 55.8 Å². The van der Waals surface area contributed by atoms with Gasteiger partial charge in [0.2, 0.25) is 0 Å². The molecule has 5 aliphatic heterocycles. The minimum atomic E-state index is -1.88. The number of esters is 2. The second kappa shape index (κ2) is 16.7. The van der Waals surface area contributed by atoms with E-state index in [9.17, 15) is 14.7 Å². The molecule has 67 heavy (non-hydrogen) atoms. The molecule has 6 heterocycles. The van der Waals surface area contributed by atoms with Gasteiger partial charge in [-0.15, -0.1) is 0 Å². The Hall–Kier alpha value is -5.83. The third-order valence-corrected chi connectivity index (χ3v) is 16.4. The van der Waals surface area contributed by atoms with Crippen molar-refractivity contribution in [3.8, 4) is 17.2 Å². The van der Waals surface area contributed by atoms with Crippen molar-refractivity contribution in [1.29, 1.82) is 0 Å². The molecule has 354 valence electrons.